The van der Waals surface area contributed by atoms with E-state index >= 15 is 0 Å². The van der Waals surface area contributed by atoms with E-state index in [1.807, 2.05) is 0 Å². The normalized spacial score (nSPS) is 11.2. The van der Waals surface area contributed by atoms with Gasteiger partial charge in [-0.05, 0) is 42.5 Å². The summed E-state index contributed by atoms with van der Waals surface area (Å²) in [5, 5.41) is 10.2. The number of aromatic hydroxyl groups is 1. The first-order chi connectivity index (χ1) is 11.1. The molecule has 0 aliphatic heterocycles. The number of allylic oxidation sites excluding steroid dienone is 1. The molecule has 3 rings (SSSR count). The first kappa shape index (κ1) is 15.2. The summed E-state index contributed by atoms with van der Waals surface area (Å²) < 4.78 is 6.06. The number of para-hydroxylation sites is 1. The number of ketones is 1. The molecular formula is C18H11BrO4. The van der Waals surface area contributed by atoms with Gasteiger partial charge in [-0.2, -0.15) is 0 Å². The highest BCUT2D eigenvalue weighted by Crippen LogP contribution is 2.22. The summed E-state index contributed by atoms with van der Waals surface area (Å²) in [6.45, 7) is 0. The van der Waals surface area contributed by atoms with Crippen LogP contribution in [0.25, 0.3) is 17.0 Å². The van der Waals surface area contributed by atoms with Crippen molar-refractivity contribution < 1.29 is 14.3 Å². The minimum atomic E-state index is -0.406. The number of carbonyl (C=O) groups excluding carboxylic acids is 1. The van der Waals surface area contributed by atoms with Gasteiger partial charge in [0.15, 0.2) is 11.2 Å². The molecule has 0 unspecified atom stereocenters. The molecule has 0 atom stereocenters. The fourth-order valence-electron chi connectivity index (χ4n) is 2.17. The van der Waals surface area contributed by atoms with Gasteiger partial charge in [0.25, 0.3) is 0 Å². The molecule has 3 aromatic rings. The molecule has 0 saturated heterocycles. The Morgan fingerprint density at radius 3 is 2.78 bits per heavy atom. The van der Waals surface area contributed by atoms with Crippen molar-refractivity contribution in [1.82, 2.24) is 0 Å². The van der Waals surface area contributed by atoms with Gasteiger partial charge < -0.3 is 9.52 Å². The molecule has 4 nitrogen and oxygen atoms in total. The molecule has 114 valence electrons. The van der Waals surface area contributed by atoms with Crippen LogP contribution in [0.3, 0.4) is 0 Å². The standard InChI is InChI=1S/C18H11BrO4/c19-12-6-8-16(21)14(9-12)15(20)7-5-11-10-23-17-4-2-1-3-13(17)18(11)22/h1-10,21H/b7-5+. The van der Waals surface area contributed by atoms with Gasteiger partial charge in [-0.15, -0.1) is 0 Å². The molecule has 0 saturated carbocycles. The minimum absolute atomic E-state index is 0.117. The topological polar surface area (TPSA) is 67.5 Å². The first-order valence-electron chi connectivity index (χ1n) is 6.78. The lowest BCUT2D eigenvalue weighted by Gasteiger charge is -2.01. The van der Waals surface area contributed by atoms with Crippen molar-refractivity contribution in [3.8, 4) is 5.75 Å². The zero-order valence-electron chi connectivity index (χ0n) is 11.8. The Kier molecular flexibility index (Phi) is 4.12. The number of fused-ring (bicyclic) bond motifs is 1. The van der Waals surface area contributed by atoms with Gasteiger partial charge in [0.1, 0.15) is 17.6 Å². The third-order valence-electron chi connectivity index (χ3n) is 3.35. The Labute approximate surface area is 139 Å². The van der Waals surface area contributed by atoms with Crippen molar-refractivity contribution >= 4 is 38.8 Å². The molecule has 0 amide bonds. The average Bonchev–Trinajstić information content (AvgIpc) is 2.56. The van der Waals surface area contributed by atoms with E-state index < -0.39 is 5.78 Å². The molecule has 0 spiro atoms. The molecule has 0 aliphatic rings. The third kappa shape index (κ3) is 3.10. The molecule has 5 heteroatoms. The summed E-state index contributed by atoms with van der Waals surface area (Å²) in [5.41, 5.74) is 0.701. The van der Waals surface area contributed by atoms with E-state index in [1.165, 1.54) is 30.5 Å². The number of rotatable bonds is 3. The maximum absolute atomic E-state index is 12.3. The maximum Gasteiger partial charge on any atom is 0.199 e. The van der Waals surface area contributed by atoms with E-state index in [2.05, 4.69) is 15.9 Å². The summed E-state index contributed by atoms with van der Waals surface area (Å²) in [6.07, 6.45) is 3.94. The van der Waals surface area contributed by atoms with Crippen molar-refractivity contribution in [3.05, 3.63) is 80.6 Å². The summed E-state index contributed by atoms with van der Waals surface area (Å²) in [4.78, 5) is 24.5. The van der Waals surface area contributed by atoms with Crippen LogP contribution in [0, 0.1) is 0 Å². The number of benzene rings is 2. The first-order valence-corrected chi connectivity index (χ1v) is 7.57. The van der Waals surface area contributed by atoms with Crippen molar-refractivity contribution in [2.24, 2.45) is 0 Å². The lowest BCUT2D eigenvalue weighted by Crippen LogP contribution is -2.05. The van der Waals surface area contributed by atoms with Gasteiger partial charge in [-0.3, -0.25) is 9.59 Å². The molecule has 23 heavy (non-hydrogen) atoms. The largest absolute Gasteiger partial charge is 0.507 e. The molecule has 1 N–H and O–H groups in total. The van der Waals surface area contributed by atoms with Crippen LogP contribution in [0.1, 0.15) is 15.9 Å². The maximum atomic E-state index is 12.3. The monoisotopic (exact) mass is 370 g/mol. The molecule has 1 aromatic heterocycles. The second kappa shape index (κ2) is 6.22. The number of halogens is 1. The van der Waals surface area contributed by atoms with E-state index in [0.29, 0.717) is 15.4 Å². The quantitative estimate of drug-likeness (QED) is 0.555. The van der Waals surface area contributed by atoms with E-state index in [9.17, 15) is 14.7 Å². The second-order valence-corrected chi connectivity index (χ2v) is 5.79. The van der Waals surface area contributed by atoms with E-state index in [1.54, 1.807) is 30.3 Å². The van der Waals surface area contributed by atoms with Crippen LogP contribution < -0.4 is 5.43 Å². The molecule has 1 heterocycles. The van der Waals surface area contributed by atoms with Crippen LogP contribution in [0.15, 0.2) is 68.5 Å². The van der Waals surface area contributed by atoms with Gasteiger partial charge in [0, 0.05) is 4.47 Å². The second-order valence-electron chi connectivity index (χ2n) is 4.88. The van der Waals surface area contributed by atoms with E-state index in [0.717, 1.165) is 0 Å². The van der Waals surface area contributed by atoms with Crippen LogP contribution in [0.5, 0.6) is 5.75 Å². The Hall–Kier alpha value is -2.66. The highest BCUT2D eigenvalue weighted by atomic mass is 79.9. The van der Waals surface area contributed by atoms with E-state index in [4.69, 9.17) is 4.42 Å². The smallest absolute Gasteiger partial charge is 0.199 e. The highest BCUT2D eigenvalue weighted by molar-refractivity contribution is 9.10. The predicted octanol–water partition coefficient (Wildman–Crippen LogP) is 4.16. The lowest BCUT2D eigenvalue weighted by atomic mass is 10.1. The van der Waals surface area contributed by atoms with Crippen LogP contribution in [-0.2, 0) is 0 Å². The zero-order chi connectivity index (χ0) is 16.4. The SMILES string of the molecule is O=C(/C=C/c1coc2ccccc2c1=O)c1cc(Br)ccc1O. The van der Waals surface area contributed by atoms with Crippen LogP contribution in [0.2, 0.25) is 0 Å². The summed E-state index contributed by atoms with van der Waals surface area (Å²) in [7, 11) is 0. The molecular weight excluding hydrogens is 360 g/mol. The van der Waals surface area contributed by atoms with Crippen LogP contribution in [0.4, 0.5) is 0 Å². The fourth-order valence-corrected chi connectivity index (χ4v) is 2.53. The minimum Gasteiger partial charge on any atom is -0.507 e. The fraction of sp³-hybridized carbons (Fsp3) is 0. The van der Waals surface area contributed by atoms with Crippen molar-refractivity contribution in [3.63, 3.8) is 0 Å². The van der Waals surface area contributed by atoms with Gasteiger partial charge >= 0.3 is 0 Å². The van der Waals surface area contributed by atoms with Crippen molar-refractivity contribution in [2.75, 3.05) is 0 Å². The van der Waals surface area contributed by atoms with Gasteiger partial charge in [-0.25, -0.2) is 0 Å². The summed E-state index contributed by atoms with van der Waals surface area (Å²) in [6, 6.07) is 11.5. The molecule has 0 radical (unpaired) electrons. The number of phenols is 1. The molecule has 0 bridgehead atoms. The third-order valence-corrected chi connectivity index (χ3v) is 3.84. The molecule has 0 aliphatic carbocycles. The van der Waals surface area contributed by atoms with Crippen LogP contribution >= 0.6 is 15.9 Å². The Bertz CT molecular complexity index is 986. The van der Waals surface area contributed by atoms with Gasteiger partial charge in [-0.1, -0.05) is 28.1 Å². The number of hydrogen-bond acceptors (Lipinski definition) is 4. The highest BCUT2D eigenvalue weighted by Gasteiger charge is 2.10. The number of hydrogen-bond donors (Lipinski definition) is 1. The molecule has 2 aromatic carbocycles. The van der Waals surface area contributed by atoms with Crippen molar-refractivity contribution in [1.29, 1.82) is 0 Å². The van der Waals surface area contributed by atoms with Gasteiger partial charge in [0.05, 0.1) is 16.5 Å². The predicted molar refractivity (Wildman–Crippen MR) is 91.7 cm³/mol. The van der Waals surface area contributed by atoms with Gasteiger partial charge in [0.2, 0.25) is 0 Å². The Balaban J connectivity index is 1.97. The Morgan fingerprint density at radius 1 is 1.17 bits per heavy atom. The lowest BCUT2D eigenvalue weighted by molar-refractivity contribution is 0.104. The number of phenolic OH excluding ortho intramolecular Hbond substituents is 1. The Morgan fingerprint density at radius 2 is 1.96 bits per heavy atom. The van der Waals surface area contributed by atoms with E-state index in [-0.39, 0.29) is 22.3 Å². The summed E-state index contributed by atoms with van der Waals surface area (Å²) in [5.74, 6) is -0.523. The van der Waals surface area contributed by atoms with Crippen LogP contribution in [-0.4, -0.2) is 10.9 Å². The van der Waals surface area contributed by atoms with Crippen molar-refractivity contribution in [2.45, 2.75) is 0 Å². The molecule has 0 fully saturated rings. The average molecular weight is 371 g/mol. The zero-order valence-corrected chi connectivity index (χ0v) is 13.4. The number of carbonyl (C=O) groups is 1. The summed E-state index contributed by atoms with van der Waals surface area (Å²) >= 11 is 3.25.